The van der Waals surface area contributed by atoms with Crippen molar-refractivity contribution in [2.75, 3.05) is 13.2 Å². The number of benzene rings is 1. The normalized spacial score (nSPS) is 21.5. The van der Waals surface area contributed by atoms with E-state index in [1.165, 1.54) is 12.0 Å². The lowest BCUT2D eigenvalue weighted by atomic mass is 10.1. The molecule has 0 aromatic heterocycles. The summed E-state index contributed by atoms with van der Waals surface area (Å²) in [5, 5.41) is 18.2. The van der Waals surface area contributed by atoms with E-state index in [9.17, 15) is 5.11 Å². The van der Waals surface area contributed by atoms with Crippen molar-refractivity contribution in [1.82, 2.24) is 4.90 Å². The van der Waals surface area contributed by atoms with Crippen LogP contribution in [0.2, 0.25) is 0 Å². The van der Waals surface area contributed by atoms with Crippen LogP contribution in [0.4, 0.5) is 0 Å². The Kier molecular flexibility index (Phi) is 3.93. The molecule has 3 heteroatoms. The van der Waals surface area contributed by atoms with Crippen molar-refractivity contribution in [2.24, 2.45) is 0 Å². The summed E-state index contributed by atoms with van der Waals surface area (Å²) in [5.41, 5.74) is 2.20. The van der Waals surface area contributed by atoms with Crippen molar-refractivity contribution in [1.29, 1.82) is 0 Å². The van der Waals surface area contributed by atoms with Gasteiger partial charge in [-0.2, -0.15) is 0 Å². The molecule has 1 unspecified atom stereocenters. The first-order valence-corrected chi connectivity index (χ1v) is 5.87. The van der Waals surface area contributed by atoms with Gasteiger partial charge in [0.25, 0.3) is 0 Å². The van der Waals surface area contributed by atoms with E-state index < -0.39 is 0 Å². The van der Waals surface area contributed by atoms with E-state index in [4.69, 9.17) is 5.11 Å². The Morgan fingerprint density at radius 2 is 1.81 bits per heavy atom. The smallest absolute Gasteiger partial charge is 0.0681 e. The fourth-order valence-electron chi connectivity index (χ4n) is 2.29. The minimum Gasteiger partial charge on any atom is -0.395 e. The summed E-state index contributed by atoms with van der Waals surface area (Å²) in [7, 11) is 0. The SMILES string of the molecule is OCc1ccc(CN2CCCC2CO)cc1. The molecule has 88 valence electrons. The molecule has 1 aliphatic rings. The highest BCUT2D eigenvalue weighted by atomic mass is 16.3. The van der Waals surface area contributed by atoms with Crippen molar-refractivity contribution < 1.29 is 10.2 Å². The second-order valence-electron chi connectivity index (χ2n) is 4.42. The van der Waals surface area contributed by atoms with Gasteiger partial charge < -0.3 is 10.2 Å². The zero-order valence-electron chi connectivity index (χ0n) is 9.47. The molecule has 1 atom stereocenters. The van der Waals surface area contributed by atoms with Gasteiger partial charge in [0.15, 0.2) is 0 Å². The van der Waals surface area contributed by atoms with E-state index in [-0.39, 0.29) is 13.2 Å². The van der Waals surface area contributed by atoms with Gasteiger partial charge in [-0.15, -0.1) is 0 Å². The number of hydrogen-bond donors (Lipinski definition) is 2. The van der Waals surface area contributed by atoms with Gasteiger partial charge in [-0.1, -0.05) is 24.3 Å². The summed E-state index contributed by atoms with van der Waals surface area (Å²) in [4.78, 5) is 2.33. The first kappa shape index (κ1) is 11.6. The van der Waals surface area contributed by atoms with Crippen LogP contribution < -0.4 is 0 Å². The highest BCUT2D eigenvalue weighted by Crippen LogP contribution is 2.19. The van der Waals surface area contributed by atoms with E-state index in [2.05, 4.69) is 17.0 Å². The van der Waals surface area contributed by atoms with Gasteiger partial charge in [0.05, 0.1) is 13.2 Å². The third-order valence-corrected chi connectivity index (χ3v) is 3.30. The van der Waals surface area contributed by atoms with Crippen LogP contribution in [0.15, 0.2) is 24.3 Å². The largest absolute Gasteiger partial charge is 0.395 e. The Morgan fingerprint density at radius 1 is 1.12 bits per heavy atom. The number of rotatable bonds is 4. The number of hydrogen-bond acceptors (Lipinski definition) is 3. The molecule has 1 heterocycles. The lowest BCUT2D eigenvalue weighted by Gasteiger charge is -2.22. The van der Waals surface area contributed by atoms with Gasteiger partial charge in [-0.3, -0.25) is 4.90 Å². The van der Waals surface area contributed by atoms with Crippen LogP contribution in [0.1, 0.15) is 24.0 Å². The molecule has 1 fully saturated rings. The van der Waals surface area contributed by atoms with Crippen LogP contribution in [0.5, 0.6) is 0 Å². The molecule has 3 nitrogen and oxygen atoms in total. The summed E-state index contributed by atoms with van der Waals surface area (Å²) in [6, 6.07) is 8.35. The Balaban J connectivity index is 1.97. The van der Waals surface area contributed by atoms with E-state index in [1.807, 2.05) is 12.1 Å². The Hall–Kier alpha value is -0.900. The van der Waals surface area contributed by atoms with Crippen molar-refractivity contribution in [2.45, 2.75) is 32.0 Å². The number of aliphatic hydroxyl groups is 2. The summed E-state index contributed by atoms with van der Waals surface area (Å²) in [6.45, 7) is 2.34. The summed E-state index contributed by atoms with van der Waals surface area (Å²) < 4.78 is 0. The minimum absolute atomic E-state index is 0.100. The van der Waals surface area contributed by atoms with Gasteiger partial charge in [-0.05, 0) is 30.5 Å². The Morgan fingerprint density at radius 3 is 2.44 bits per heavy atom. The van der Waals surface area contributed by atoms with E-state index in [0.29, 0.717) is 6.04 Å². The summed E-state index contributed by atoms with van der Waals surface area (Å²) in [5.74, 6) is 0. The molecule has 0 aliphatic carbocycles. The second-order valence-corrected chi connectivity index (χ2v) is 4.42. The van der Waals surface area contributed by atoms with Crippen molar-refractivity contribution in [3.8, 4) is 0 Å². The monoisotopic (exact) mass is 221 g/mol. The molecule has 2 rings (SSSR count). The van der Waals surface area contributed by atoms with E-state index in [0.717, 1.165) is 25.1 Å². The van der Waals surface area contributed by atoms with Crippen LogP contribution >= 0.6 is 0 Å². The van der Waals surface area contributed by atoms with Gasteiger partial charge in [0, 0.05) is 12.6 Å². The molecule has 1 aromatic carbocycles. The van der Waals surface area contributed by atoms with Crippen LogP contribution in [0.25, 0.3) is 0 Å². The third-order valence-electron chi connectivity index (χ3n) is 3.30. The first-order valence-electron chi connectivity index (χ1n) is 5.87. The molecule has 0 spiro atoms. The van der Waals surface area contributed by atoms with Crippen LogP contribution in [0.3, 0.4) is 0 Å². The summed E-state index contributed by atoms with van der Waals surface area (Å²) in [6.07, 6.45) is 2.28. The third kappa shape index (κ3) is 2.61. The maximum absolute atomic E-state index is 9.22. The lowest BCUT2D eigenvalue weighted by Crippen LogP contribution is -2.31. The average molecular weight is 221 g/mol. The quantitative estimate of drug-likeness (QED) is 0.801. The lowest BCUT2D eigenvalue weighted by molar-refractivity contribution is 0.153. The Bertz CT molecular complexity index is 323. The molecular weight excluding hydrogens is 202 g/mol. The zero-order valence-corrected chi connectivity index (χ0v) is 9.47. The standard InChI is InChI=1S/C13H19NO2/c15-9-12-5-3-11(4-6-12)8-14-7-1-2-13(14)10-16/h3-6,13,15-16H,1-2,7-10H2. The molecule has 1 saturated heterocycles. The second kappa shape index (κ2) is 5.43. The molecule has 0 amide bonds. The number of aliphatic hydroxyl groups excluding tert-OH is 2. The maximum atomic E-state index is 9.22. The van der Waals surface area contributed by atoms with Crippen molar-refractivity contribution in [3.05, 3.63) is 35.4 Å². The first-order chi connectivity index (χ1) is 7.83. The topological polar surface area (TPSA) is 43.7 Å². The molecule has 0 saturated carbocycles. The predicted octanol–water partition coefficient (Wildman–Crippen LogP) is 1.14. The molecular formula is C13H19NO2. The molecule has 2 N–H and O–H groups in total. The maximum Gasteiger partial charge on any atom is 0.0681 e. The van der Waals surface area contributed by atoms with E-state index >= 15 is 0 Å². The highest BCUT2D eigenvalue weighted by molar-refractivity contribution is 5.22. The fourth-order valence-corrected chi connectivity index (χ4v) is 2.29. The zero-order chi connectivity index (χ0) is 11.4. The van der Waals surface area contributed by atoms with Crippen molar-refractivity contribution in [3.63, 3.8) is 0 Å². The summed E-state index contributed by atoms with van der Waals surface area (Å²) >= 11 is 0. The molecule has 1 aromatic rings. The van der Waals surface area contributed by atoms with E-state index in [1.54, 1.807) is 0 Å². The average Bonchev–Trinajstić information content (AvgIpc) is 2.77. The van der Waals surface area contributed by atoms with Crippen LogP contribution in [0, 0.1) is 0 Å². The fraction of sp³-hybridized carbons (Fsp3) is 0.538. The molecule has 0 bridgehead atoms. The Labute approximate surface area is 96.3 Å². The predicted molar refractivity (Wildman–Crippen MR) is 62.9 cm³/mol. The van der Waals surface area contributed by atoms with Crippen LogP contribution in [-0.4, -0.2) is 34.3 Å². The highest BCUT2D eigenvalue weighted by Gasteiger charge is 2.23. The van der Waals surface area contributed by atoms with Crippen LogP contribution in [-0.2, 0) is 13.2 Å². The number of likely N-dealkylation sites (tertiary alicyclic amines) is 1. The minimum atomic E-state index is 0.100. The van der Waals surface area contributed by atoms with Crippen molar-refractivity contribution >= 4 is 0 Å². The van der Waals surface area contributed by atoms with Gasteiger partial charge >= 0.3 is 0 Å². The van der Waals surface area contributed by atoms with Gasteiger partial charge in [-0.25, -0.2) is 0 Å². The number of nitrogens with zero attached hydrogens (tertiary/aromatic N) is 1. The molecule has 16 heavy (non-hydrogen) atoms. The molecule has 1 aliphatic heterocycles. The van der Waals surface area contributed by atoms with Gasteiger partial charge in [0.1, 0.15) is 0 Å². The molecule has 0 radical (unpaired) electrons. The van der Waals surface area contributed by atoms with Gasteiger partial charge in [0.2, 0.25) is 0 Å².